The molecule has 2 aliphatic heterocycles. The van der Waals surface area contributed by atoms with Crippen molar-refractivity contribution in [3.05, 3.63) is 41.7 Å². The highest BCUT2D eigenvalue weighted by Crippen LogP contribution is 2.34. The average molecular weight is 690 g/mol. The van der Waals surface area contributed by atoms with Gasteiger partial charge in [-0.1, -0.05) is 37.3 Å². The van der Waals surface area contributed by atoms with Gasteiger partial charge in [0.25, 0.3) is 11.8 Å². The zero-order valence-electron chi connectivity index (χ0n) is 28.3. The summed E-state index contributed by atoms with van der Waals surface area (Å²) < 4.78 is 6.87. The monoisotopic (exact) mass is 689 g/mol. The van der Waals surface area contributed by atoms with E-state index in [1.54, 1.807) is 38.1 Å². The number of benzene rings is 1. The molecule has 5 amide bonds. The molecule has 0 unspecified atom stereocenters. The molecule has 5 N–H and O–H groups in total. The van der Waals surface area contributed by atoms with E-state index in [0.717, 1.165) is 32.1 Å². The Labute approximate surface area is 289 Å². The molecular formula is C34H43N9O7. The minimum absolute atomic E-state index is 0.0143. The number of aliphatic imine (C=N–C) groups is 1. The number of nitrogens with two attached hydrogens (primary N) is 1. The maximum absolute atomic E-state index is 14.6. The van der Waals surface area contributed by atoms with E-state index in [2.05, 4.69) is 25.9 Å². The van der Waals surface area contributed by atoms with Gasteiger partial charge in [0.2, 0.25) is 11.7 Å². The minimum atomic E-state index is -1.61. The van der Waals surface area contributed by atoms with E-state index >= 15 is 0 Å². The number of carbonyl (C=O) groups excluding carboxylic acids is 5. The predicted octanol–water partition coefficient (Wildman–Crippen LogP) is 1.88. The van der Waals surface area contributed by atoms with Crippen LogP contribution in [-0.4, -0.2) is 91.6 Å². The summed E-state index contributed by atoms with van der Waals surface area (Å²) >= 11 is 0. The van der Waals surface area contributed by atoms with Crippen molar-refractivity contribution in [1.29, 1.82) is 5.26 Å². The molecule has 2 aromatic rings. The van der Waals surface area contributed by atoms with Gasteiger partial charge < -0.3 is 31.1 Å². The van der Waals surface area contributed by atoms with Gasteiger partial charge in [0.1, 0.15) is 22.9 Å². The topological polar surface area (TPSA) is 235 Å². The maximum Gasteiger partial charge on any atom is 0.345 e. The Hall–Kier alpha value is -5.01. The van der Waals surface area contributed by atoms with Crippen LogP contribution in [0.5, 0.6) is 0 Å². The Balaban J connectivity index is 1.49. The summed E-state index contributed by atoms with van der Waals surface area (Å²) in [6.45, 7) is 3.29. The molecule has 50 heavy (non-hydrogen) atoms. The Bertz CT molecular complexity index is 1680. The number of ketones is 1. The normalized spacial score (nSPS) is 21.2. The summed E-state index contributed by atoms with van der Waals surface area (Å²) in [4.78, 5) is 72.7. The van der Waals surface area contributed by atoms with Gasteiger partial charge in [-0.25, -0.2) is 9.48 Å². The molecule has 266 valence electrons. The maximum atomic E-state index is 14.6. The van der Waals surface area contributed by atoms with Crippen LogP contribution in [0.1, 0.15) is 88.9 Å². The Kier molecular flexibility index (Phi) is 11.1. The number of nitrogens with one attached hydrogen (secondary N) is 2. The molecule has 2 saturated heterocycles. The fraction of sp³-hybridized carbons (Fsp3) is 0.559. The van der Waals surface area contributed by atoms with Crippen molar-refractivity contribution in [2.24, 2.45) is 16.6 Å². The molecule has 0 spiro atoms. The first-order valence-corrected chi connectivity index (χ1v) is 16.9. The highest BCUT2D eigenvalue weighted by atomic mass is 16.5. The molecule has 3 aliphatic rings. The van der Waals surface area contributed by atoms with Crippen molar-refractivity contribution >= 4 is 40.9 Å². The molecule has 3 heterocycles. The second-order valence-electron chi connectivity index (χ2n) is 13.7. The van der Waals surface area contributed by atoms with Crippen molar-refractivity contribution in [2.45, 2.75) is 94.9 Å². The van der Waals surface area contributed by atoms with Gasteiger partial charge >= 0.3 is 6.03 Å². The van der Waals surface area contributed by atoms with Crippen LogP contribution in [-0.2, 0) is 29.5 Å². The molecule has 2 atom stereocenters. The van der Waals surface area contributed by atoms with E-state index < -0.39 is 52.8 Å². The van der Waals surface area contributed by atoms with Crippen LogP contribution in [0.2, 0.25) is 0 Å². The second-order valence-corrected chi connectivity index (χ2v) is 13.7. The van der Waals surface area contributed by atoms with Gasteiger partial charge in [-0.05, 0) is 50.5 Å². The van der Waals surface area contributed by atoms with Crippen LogP contribution in [0.25, 0.3) is 0 Å². The summed E-state index contributed by atoms with van der Waals surface area (Å²) in [5.41, 5.74) is 3.55. The van der Waals surface area contributed by atoms with Gasteiger partial charge in [0.05, 0.1) is 29.6 Å². The van der Waals surface area contributed by atoms with Crippen molar-refractivity contribution in [1.82, 2.24) is 25.2 Å². The molecule has 5 rings (SSSR count). The second kappa shape index (κ2) is 15.3. The minimum Gasteiger partial charge on any atom is -0.384 e. The largest absolute Gasteiger partial charge is 0.384 e. The number of anilines is 1. The number of aliphatic hydroxyl groups is 1. The Morgan fingerprint density at radius 1 is 1.12 bits per heavy atom. The number of nitriles is 1. The lowest BCUT2D eigenvalue weighted by molar-refractivity contribution is -0.146. The lowest BCUT2D eigenvalue weighted by Crippen LogP contribution is -2.63. The van der Waals surface area contributed by atoms with Crippen LogP contribution >= 0.6 is 0 Å². The van der Waals surface area contributed by atoms with Crippen LogP contribution in [0.3, 0.4) is 0 Å². The number of amides is 5. The molecule has 0 radical (unpaired) electrons. The summed E-state index contributed by atoms with van der Waals surface area (Å²) in [5.74, 6) is -3.39. The van der Waals surface area contributed by atoms with Crippen molar-refractivity contribution in [2.75, 3.05) is 25.1 Å². The smallest absolute Gasteiger partial charge is 0.345 e. The SMILES string of the molecule is CC(C)(O)c1cnnn1[C@H]1C[C@@H](C(=O)NC2(C(=O)C(N)=O)CCOCC2)N(C(=O)C(CC2CCCCC2)=NC(=O)Nc2ccc(C#N)cc2)C1. The van der Waals surface area contributed by atoms with E-state index in [1.165, 1.54) is 15.8 Å². The van der Waals surface area contributed by atoms with Crippen molar-refractivity contribution in [3.8, 4) is 6.07 Å². The Morgan fingerprint density at radius 2 is 1.80 bits per heavy atom. The molecule has 0 bridgehead atoms. The zero-order chi connectivity index (χ0) is 36.1. The standard InChI is InChI=1S/C34H43N9O7/c1-33(2,49)27-19-37-41-43(27)24-17-26(30(46)40-34(28(44)29(36)45)12-14-50-15-13-34)42(20-24)31(47)25(16-21-6-4-3-5-7-21)39-32(48)38-23-10-8-22(18-35)9-11-23/h8-11,19,21,24,26,49H,3-7,12-17,20H2,1-2H3,(H2,36,45)(H,38,48)(H,40,46)/t24-,26-/m0/s1. The highest BCUT2D eigenvalue weighted by Gasteiger charge is 2.49. The Morgan fingerprint density at radius 3 is 2.42 bits per heavy atom. The summed E-state index contributed by atoms with van der Waals surface area (Å²) in [7, 11) is 0. The van der Waals surface area contributed by atoms with E-state index in [4.69, 9.17) is 15.7 Å². The van der Waals surface area contributed by atoms with Crippen molar-refractivity contribution in [3.63, 3.8) is 0 Å². The van der Waals surface area contributed by atoms with E-state index in [0.29, 0.717) is 16.9 Å². The molecule has 1 aromatic heterocycles. The molecule has 1 aliphatic carbocycles. The first kappa shape index (κ1) is 36.3. The number of Topliss-reactive ketones (excluding diaryl/α,β-unsaturated/α-hetero) is 1. The number of rotatable bonds is 10. The number of hydrogen-bond donors (Lipinski definition) is 4. The van der Waals surface area contributed by atoms with Crippen LogP contribution < -0.4 is 16.4 Å². The number of ether oxygens (including phenoxy) is 1. The fourth-order valence-electron chi connectivity index (χ4n) is 7.01. The molecular weight excluding hydrogens is 646 g/mol. The number of carbonyl (C=O) groups is 5. The highest BCUT2D eigenvalue weighted by molar-refractivity contribution is 6.41. The van der Waals surface area contributed by atoms with E-state index in [9.17, 15) is 29.1 Å². The van der Waals surface area contributed by atoms with Crippen LogP contribution in [0.4, 0.5) is 10.5 Å². The number of primary amides is 1. The molecule has 16 nitrogen and oxygen atoms in total. The van der Waals surface area contributed by atoms with E-state index in [-0.39, 0.29) is 57.1 Å². The summed E-state index contributed by atoms with van der Waals surface area (Å²) in [6, 6.07) is 5.61. The molecule has 16 heteroatoms. The van der Waals surface area contributed by atoms with Crippen LogP contribution in [0.15, 0.2) is 35.5 Å². The van der Waals surface area contributed by atoms with Gasteiger partial charge in [-0.15, -0.1) is 5.10 Å². The van der Waals surface area contributed by atoms with Gasteiger partial charge in [0.15, 0.2) is 0 Å². The van der Waals surface area contributed by atoms with Gasteiger partial charge in [-0.3, -0.25) is 19.2 Å². The number of urea groups is 1. The van der Waals surface area contributed by atoms with Gasteiger partial charge in [0, 0.05) is 44.7 Å². The van der Waals surface area contributed by atoms with Crippen molar-refractivity contribution < 1.29 is 33.8 Å². The molecule has 1 aromatic carbocycles. The lowest BCUT2D eigenvalue weighted by atomic mass is 9.84. The van der Waals surface area contributed by atoms with Gasteiger partial charge in [-0.2, -0.15) is 10.3 Å². The zero-order valence-corrected chi connectivity index (χ0v) is 28.3. The number of aromatic nitrogens is 3. The third-order valence-electron chi connectivity index (χ3n) is 9.71. The molecule has 1 saturated carbocycles. The van der Waals surface area contributed by atoms with E-state index in [1.807, 2.05) is 6.07 Å². The molecule has 3 fully saturated rings. The third-order valence-corrected chi connectivity index (χ3v) is 9.71. The predicted molar refractivity (Wildman–Crippen MR) is 178 cm³/mol. The first-order valence-electron chi connectivity index (χ1n) is 16.9. The fourth-order valence-corrected chi connectivity index (χ4v) is 7.01. The summed E-state index contributed by atoms with van der Waals surface area (Å²) in [6.07, 6.45) is 6.40. The average Bonchev–Trinajstić information content (AvgIpc) is 3.77. The lowest BCUT2D eigenvalue weighted by Gasteiger charge is -2.37. The quantitative estimate of drug-likeness (QED) is 0.209. The number of nitrogens with zero attached hydrogens (tertiary/aromatic N) is 6. The van der Waals surface area contributed by atoms with Crippen LogP contribution in [0, 0.1) is 17.2 Å². The number of hydrogen-bond acceptors (Lipinski definition) is 10. The first-order chi connectivity index (χ1) is 23.8. The third kappa shape index (κ3) is 8.23. The summed E-state index contributed by atoms with van der Waals surface area (Å²) in [5, 5.41) is 33.5. The number of likely N-dealkylation sites (tertiary alicyclic amines) is 1.